The Morgan fingerprint density at radius 1 is 0.714 bits per heavy atom. The van der Waals surface area contributed by atoms with E-state index in [4.69, 9.17) is 4.74 Å². The van der Waals surface area contributed by atoms with Gasteiger partial charge in [-0.1, -0.05) is 12.5 Å². The van der Waals surface area contributed by atoms with E-state index in [1.165, 1.54) is 32.4 Å². The standard InChI is InChI=1S/C28H35N3O3.ClH/c32-27(22-9-11-26(12-10-22)34-18-6-15-29-13-2-1-3-14-29)31-20-24-8-7-23(19-25(24)21-31)28(33)30-16-4-5-17-30;/h7-12,19H,1-6,13-18,20-21H2;1H. The highest BCUT2D eigenvalue weighted by molar-refractivity contribution is 5.96. The smallest absolute Gasteiger partial charge is 0.254 e. The Bertz CT molecular complexity index is 1010. The van der Waals surface area contributed by atoms with E-state index >= 15 is 0 Å². The fraction of sp³-hybridized carbons (Fsp3) is 0.500. The van der Waals surface area contributed by atoms with Gasteiger partial charge in [-0.25, -0.2) is 0 Å². The van der Waals surface area contributed by atoms with Crippen molar-refractivity contribution >= 4 is 24.2 Å². The van der Waals surface area contributed by atoms with Crippen LogP contribution in [0.15, 0.2) is 42.5 Å². The molecule has 0 N–H and O–H groups in total. The molecule has 2 amide bonds. The number of ether oxygens (including phenoxy) is 1. The SMILES string of the molecule is Cl.O=C(c1ccc2c(c1)CN(C(=O)c1ccc(OCCCN3CCCCC3)cc1)C2)N1CCCC1. The molecule has 3 heterocycles. The molecule has 0 spiro atoms. The van der Waals surface area contributed by atoms with Gasteiger partial charge in [0.25, 0.3) is 11.8 Å². The first kappa shape index (κ1) is 25.5. The zero-order valence-corrected chi connectivity index (χ0v) is 21.2. The minimum absolute atomic E-state index is 0. The van der Waals surface area contributed by atoms with E-state index in [0.717, 1.165) is 61.3 Å². The number of nitrogens with zero attached hydrogens (tertiary/aromatic N) is 3. The number of amides is 2. The van der Waals surface area contributed by atoms with Gasteiger partial charge in [-0.15, -0.1) is 12.4 Å². The van der Waals surface area contributed by atoms with Gasteiger partial charge in [-0.3, -0.25) is 9.59 Å². The van der Waals surface area contributed by atoms with Gasteiger partial charge < -0.3 is 19.4 Å². The van der Waals surface area contributed by atoms with Gasteiger partial charge in [0, 0.05) is 43.9 Å². The molecule has 0 saturated carbocycles. The number of rotatable bonds is 7. The summed E-state index contributed by atoms with van der Waals surface area (Å²) >= 11 is 0. The van der Waals surface area contributed by atoms with E-state index in [1.807, 2.05) is 52.3 Å². The van der Waals surface area contributed by atoms with Crippen LogP contribution in [0, 0.1) is 0 Å². The summed E-state index contributed by atoms with van der Waals surface area (Å²) in [6.45, 7) is 7.05. The number of hydrogen-bond donors (Lipinski definition) is 0. The lowest BCUT2D eigenvalue weighted by Crippen LogP contribution is -2.31. The summed E-state index contributed by atoms with van der Waals surface area (Å²) in [5.41, 5.74) is 3.60. The Morgan fingerprint density at radius 3 is 2.09 bits per heavy atom. The van der Waals surface area contributed by atoms with Crippen molar-refractivity contribution < 1.29 is 14.3 Å². The first-order chi connectivity index (χ1) is 16.7. The van der Waals surface area contributed by atoms with Crippen molar-refractivity contribution in [3.05, 3.63) is 64.7 Å². The summed E-state index contributed by atoms with van der Waals surface area (Å²) in [5, 5.41) is 0. The van der Waals surface area contributed by atoms with Crippen molar-refractivity contribution in [2.75, 3.05) is 39.3 Å². The van der Waals surface area contributed by atoms with Crippen LogP contribution in [0.2, 0.25) is 0 Å². The number of piperidine rings is 1. The average molecular weight is 498 g/mol. The van der Waals surface area contributed by atoms with Crippen LogP contribution in [0.5, 0.6) is 5.75 Å². The summed E-state index contributed by atoms with van der Waals surface area (Å²) in [6.07, 6.45) is 7.19. The van der Waals surface area contributed by atoms with Gasteiger partial charge >= 0.3 is 0 Å². The Hall–Kier alpha value is -2.57. The highest BCUT2D eigenvalue weighted by atomic mass is 35.5. The summed E-state index contributed by atoms with van der Waals surface area (Å²) in [5.74, 6) is 0.932. The van der Waals surface area contributed by atoms with Gasteiger partial charge in [-0.05, 0) is 92.7 Å². The normalized spacial score (nSPS) is 17.7. The van der Waals surface area contributed by atoms with Crippen molar-refractivity contribution in [1.29, 1.82) is 0 Å². The van der Waals surface area contributed by atoms with Crippen molar-refractivity contribution in [3.63, 3.8) is 0 Å². The highest BCUT2D eigenvalue weighted by Crippen LogP contribution is 2.27. The molecule has 0 aliphatic carbocycles. The minimum Gasteiger partial charge on any atom is -0.494 e. The van der Waals surface area contributed by atoms with Gasteiger partial charge in [0.15, 0.2) is 0 Å². The van der Waals surface area contributed by atoms with Crippen LogP contribution in [-0.2, 0) is 13.1 Å². The molecule has 2 saturated heterocycles. The van der Waals surface area contributed by atoms with Crippen LogP contribution in [-0.4, -0.2) is 65.8 Å². The van der Waals surface area contributed by atoms with Crippen molar-refractivity contribution in [1.82, 2.24) is 14.7 Å². The number of benzene rings is 2. The summed E-state index contributed by atoms with van der Waals surface area (Å²) in [4.78, 5) is 32.1. The second-order valence-electron chi connectivity index (χ2n) is 9.77. The van der Waals surface area contributed by atoms with E-state index in [-0.39, 0.29) is 24.2 Å². The van der Waals surface area contributed by atoms with E-state index in [1.54, 1.807) is 0 Å². The number of halogens is 1. The Balaban J connectivity index is 0.00000289. The van der Waals surface area contributed by atoms with Crippen LogP contribution in [0.25, 0.3) is 0 Å². The number of carbonyl (C=O) groups excluding carboxylic acids is 2. The third-order valence-electron chi connectivity index (χ3n) is 7.29. The van der Waals surface area contributed by atoms with Crippen LogP contribution >= 0.6 is 12.4 Å². The number of likely N-dealkylation sites (tertiary alicyclic amines) is 2. The second-order valence-corrected chi connectivity index (χ2v) is 9.77. The molecule has 2 aromatic rings. The Labute approximate surface area is 214 Å². The second kappa shape index (κ2) is 11.9. The third kappa shape index (κ3) is 6.17. The predicted molar refractivity (Wildman–Crippen MR) is 139 cm³/mol. The molecule has 7 heteroatoms. The first-order valence-corrected chi connectivity index (χ1v) is 12.8. The number of hydrogen-bond acceptors (Lipinski definition) is 4. The molecule has 5 rings (SSSR count). The molecule has 35 heavy (non-hydrogen) atoms. The molecular formula is C28H36ClN3O3. The predicted octanol–water partition coefficient (Wildman–Crippen LogP) is 4.76. The largest absolute Gasteiger partial charge is 0.494 e. The topological polar surface area (TPSA) is 53.1 Å². The molecule has 0 bridgehead atoms. The third-order valence-corrected chi connectivity index (χ3v) is 7.29. The zero-order chi connectivity index (χ0) is 23.3. The highest BCUT2D eigenvalue weighted by Gasteiger charge is 2.26. The van der Waals surface area contributed by atoms with Gasteiger partial charge in [0.05, 0.1) is 6.61 Å². The number of carbonyl (C=O) groups is 2. The summed E-state index contributed by atoms with van der Waals surface area (Å²) in [6, 6.07) is 13.4. The van der Waals surface area contributed by atoms with Crippen LogP contribution < -0.4 is 4.74 Å². The first-order valence-electron chi connectivity index (χ1n) is 12.8. The quantitative estimate of drug-likeness (QED) is 0.518. The lowest BCUT2D eigenvalue weighted by Gasteiger charge is -2.26. The Morgan fingerprint density at radius 2 is 1.34 bits per heavy atom. The van der Waals surface area contributed by atoms with E-state index in [9.17, 15) is 9.59 Å². The lowest BCUT2D eigenvalue weighted by molar-refractivity contribution is 0.0751. The fourth-order valence-corrected chi connectivity index (χ4v) is 5.31. The average Bonchev–Trinajstić information content (AvgIpc) is 3.57. The molecule has 2 aromatic carbocycles. The van der Waals surface area contributed by atoms with Crippen LogP contribution in [0.4, 0.5) is 0 Å². The zero-order valence-electron chi connectivity index (χ0n) is 20.4. The molecular weight excluding hydrogens is 462 g/mol. The number of fused-ring (bicyclic) bond motifs is 1. The minimum atomic E-state index is 0. The molecule has 3 aliphatic rings. The van der Waals surface area contributed by atoms with Crippen molar-refractivity contribution in [3.8, 4) is 5.75 Å². The monoisotopic (exact) mass is 497 g/mol. The molecule has 2 fully saturated rings. The maximum atomic E-state index is 13.1. The van der Waals surface area contributed by atoms with Gasteiger partial charge in [-0.2, -0.15) is 0 Å². The van der Waals surface area contributed by atoms with Crippen molar-refractivity contribution in [2.24, 2.45) is 0 Å². The van der Waals surface area contributed by atoms with Gasteiger partial charge in [0.1, 0.15) is 5.75 Å². The molecule has 188 valence electrons. The summed E-state index contributed by atoms with van der Waals surface area (Å²) in [7, 11) is 0. The van der Waals surface area contributed by atoms with E-state index in [0.29, 0.717) is 25.3 Å². The maximum absolute atomic E-state index is 13.1. The maximum Gasteiger partial charge on any atom is 0.254 e. The van der Waals surface area contributed by atoms with E-state index < -0.39 is 0 Å². The van der Waals surface area contributed by atoms with Crippen molar-refractivity contribution in [2.45, 2.75) is 51.6 Å². The summed E-state index contributed by atoms with van der Waals surface area (Å²) < 4.78 is 5.90. The van der Waals surface area contributed by atoms with Crippen LogP contribution in [0.3, 0.4) is 0 Å². The molecule has 6 nitrogen and oxygen atoms in total. The molecule has 0 aromatic heterocycles. The molecule has 0 radical (unpaired) electrons. The van der Waals surface area contributed by atoms with E-state index in [2.05, 4.69) is 4.90 Å². The molecule has 3 aliphatic heterocycles. The van der Waals surface area contributed by atoms with Crippen LogP contribution in [0.1, 0.15) is 70.4 Å². The fourth-order valence-electron chi connectivity index (χ4n) is 5.31. The Kier molecular flexibility index (Phi) is 8.69. The van der Waals surface area contributed by atoms with Gasteiger partial charge in [0.2, 0.25) is 0 Å². The lowest BCUT2D eigenvalue weighted by atomic mass is 10.1. The molecule has 0 unspecified atom stereocenters. The molecule has 0 atom stereocenters.